The van der Waals surface area contributed by atoms with E-state index in [1.165, 1.54) is 0 Å². The smallest absolute Gasteiger partial charge is 0.269 e. The summed E-state index contributed by atoms with van der Waals surface area (Å²) in [5.74, 6) is 1.60. The molecule has 3 rings (SSSR count). The van der Waals surface area contributed by atoms with Crippen LogP contribution in [-0.4, -0.2) is 25.7 Å². The first-order chi connectivity index (χ1) is 10.7. The molecule has 0 saturated heterocycles. The summed E-state index contributed by atoms with van der Waals surface area (Å²) >= 11 is 3.40. The molecule has 6 heteroatoms. The topological polar surface area (TPSA) is 56.8 Å². The van der Waals surface area contributed by atoms with Gasteiger partial charge in [-0.15, -0.1) is 0 Å². The Morgan fingerprint density at radius 1 is 1.27 bits per heavy atom. The van der Waals surface area contributed by atoms with E-state index in [0.717, 1.165) is 4.47 Å². The van der Waals surface area contributed by atoms with E-state index in [9.17, 15) is 4.79 Å². The van der Waals surface area contributed by atoms with Gasteiger partial charge in [-0.25, -0.2) is 0 Å². The van der Waals surface area contributed by atoms with Crippen LogP contribution in [0.5, 0.6) is 17.2 Å². The van der Waals surface area contributed by atoms with Crippen LogP contribution in [0.15, 0.2) is 46.9 Å². The van der Waals surface area contributed by atoms with Crippen LogP contribution in [0.1, 0.15) is 0 Å². The number of benzene rings is 2. The number of fused-ring (bicyclic) bond motifs is 1. The zero-order valence-electron chi connectivity index (χ0n) is 11.8. The van der Waals surface area contributed by atoms with E-state index in [2.05, 4.69) is 21.2 Å². The van der Waals surface area contributed by atoms with Crippen LogP contribution in [0.2, 0.25) is 0 Å². The number of halogens is 1. The number of carbonyl (C=O) groups is 1. The summed E-state index contributed by atoms with van der Waals surface area (Å²) in [5.41, 5.74) is 0.617. The van der Waals surface area contributed by atoms with Crippen molar-refractivity contribution in [3.05, 3.63) is 46.9 Å². The maximum absolute atomic E-state index is 12.4. The van der Waals surface area contributed by atoms with E-state index >= 15 is 0 Å². The van der Waals surface area contributed by atoms with E-state index in [1.807, 2.05) is 24.3 Å². The lowest BCUT2D eigenvalue weighted by Crippen LogP contribution is -2.40. The Bertz CT molecular complexity index is 704. The number of ether oxygens (including phenoxy) is 3. The minimum atomic E-state index is -0.701. The molecule has 1 amide bonds. The molecule has 5 nitrogen and oxygen atoms in total. The maximum atomic E-state index is 12.4. The third kappa shape index (κ3) is 3.01. The molecule has 1 aliphatic rings. The second kappa shape index (κ2) is 6.27. The molecule has 0 fully saturated rings. The standard InChI is InChI=1S/C16H14BrNO4/c1-20-10-6-7-11(17)12(8-10)18-16(19)15-9-21-13-4-2-3-5-14(13)22-15/h2-8,15H,9H2,1H3,(H,18,19). The number of hydrogen-bond donors (Lipinski definition) is 1. The molecular weight excluding hydrogens is 350 g/mol. The molecule has 22 heavy (non-hydrogen) atoms. The van der Waals surface area contributed by atoms with Crippen molar-refractivity contribution < 1.29 is 19.0 Å². The Balaban J connectivity index is 1.73. The number of hydrogen-bond acceptors (Lipinski definition) is 4. The lowest BCUT2D eigenvalue weighted by Gasteiger charge is -2.25. The molecule has 0 aromatic heterocycles. The summed E-state index contributed by atoms with van der Waals surface area (Å²) < 4.78 is 17.1. The number of methoxy groups -OCH3 is 1. The predicted molar refractivity (Wildman–Crippen MR) is 85.7 cm³/mol. The van der Waals surface area contributed by atoms with Gasteiger partial charge in [0.15, 0.2) is 11.5 Å². The van der Waals surface area contributed by atoms with E-state index < -0.39 is 6.10 Å². The number of nitrogens with one attached hydrogen (secondary N) is 1. The highest BCUT2D eigenvalue weighted by Gasteiger charge is 2.27. The number of amides is 1. The van der Waals surface area contributed by atoms with Crippen LogP contribution in [0, 0.1) is 0 Å². The SMILES string of the molecule is COc1ccc(Br)c(NC(=O)C2COc3ccccc3O2)c1. The molecule has 1 N–H and O–H groups in total. The van der Waals surface area contributed by atoms with Crippen molar-refractivity contribution >= 4 is 27.5 Å². The summed E-state index contributed by atoms with van der Waals surface area (Å²) in [6.07, 6.45) is -0.701. The van der Waals surface area contributed by atoms with Crippen LogP contribution in [0.3, 0.4) is 0 Å². The van der Waals surface area contributed by atoms with E-state index in [0.29, 0.717) is 22.9 Å². The largest absolute Gasteiger partial charge is 0.497 e. The van der Waals surface area contributed by atoms with Gasteiger partial charge in [-0.2, -0.15) is 0 Å². The molecule has 1 heterocycles. The molecule has 0 spiro atoms. The van der Waals surface area contributed by atoms with E-state index in [-0.39, 0.29) is 12.5 Å². The fraction of sp³-hybridized carbons (Fsp3) is 0.188. The van der Waals surface area contributed by atoms with Crippen molar-refractivity contribution in [3.8, 4) is 17.2 Å². The van der Waals surface area contributed by atoms with Crippen LogP contribution >= 0.6 is 15.9 Å². The van der Waals surface area contributed by atoms with Gasteiger partial charge in [-0.05, 0) is 40.2 Å². The second-order valence-corrected chi connectivity index (χ2v) is 5.55. The Morgan fingerprint density at radius 2 is 2.05 bits per heavy atom. The maximum Gasteiger partial charge on any atom is 0.269 e. The molecule has 1 unspecified atom stereocenters. The van der Waals surface area contributed by atoms with Gasteiger partial charge in [-0.1, -0.05) is 12.1 Å². The first kappa shape index (κ1) is 14.7. The van der Waals surface area contributed by atoms with Crippen molar-refractivity contribution in [1.29, 1.82) is 0 Å². The Labute approximate surface area is 136 Å². The van der Waals surface area contributed by atoms with Crippen molar-refractivity contribution in [1.82, 2.24) is 0 Å². The molecule has 0 aliphatic carbocycles. The summed E-state index contributed by atoms with van der Waals surface area (Å²) in [4.78, 5) is 12.4. The quantitative estimate of drug-likeness (QED) is 0.909. The highest BCUT2D eigenvalue weighted by Crippen LogP contribution is 2.32. The number of anilines is 1. The van der Waals surface area contributed by atoms with Gasteiger partial charge >= 0.3 is 0 Å². The molecule has 2 aromatic carbocycles. The van der Waals surface area contributed by atoms with Gasteiger partial charge in [0.1, 0.15) is 12.4 Å². The zero-order valence-corrected chi connectivity index (χ0v) is 13.4. The lowest BCUT2D eigenvalue weighted by molar-refractivity contribution is -0.125. The van der Waals surface area contributed by atoms with Gasteiger partial charge < -0.3 is 19.5 Å². The summed E-state index contributed by atoms with van der Waals surface area (Å²) in [6.45, 7) is 0.171. The first-order valence-electron chi connectivity index (χ1n) is 6.70. The van der Waals surface area contributed by atoms with Crippen molar-refractivity contribution in [2.75, 3.05) is 19.0 Å². The number of rotatable bonds is 3. The first-order valence-corrected chi connectivity index (χ1v) is 7.49. The Hall–Kier alpha value is -2.21. The number of para-hydroxylation sites is 2. The Morgan fingerprint density at radius 3 is 2.82 bits per heavy atom. The summed E-state index contributed by atoms with van der Waals surface area (Å²) in [6, 6.07) is 12.6. The average molecular weight is 364 g/mol. The fourth-order valence-electron chi connectivity index (χ4n) is 2.09. The van der Waals surface area contributed by atoms with Gasteiger partial charge in [0.2, 0.25) is 6.10 Å². The van der Waals surface area contributed by atoms with Crippen LogP contribution in [0.4, 0.5) is 5.69 Å². The predicted octanol–water partition coefficient (Wildman–Crippen LogP) is 3.24. The molecule has 1 aliphatic heterocycles. The summed E-state index contributed by atoms with van der Waals surface area (Å²) in [5, 5.41) is 2.81. The summed E-state index contributed by atoms with van der Waals surface area (Å²) in [7, 11) is 1.57. The average Bonchev–Trinajstić information content (AvgIpc) is 2.56. The van der Waals surface area contributed by atoms with E-state index in [1.54, 1.807) is 25.3 Å². The molecule has 1 atom stereocenters. The van der Waals surface area contributed by atoms with Gasteiger partial charge in [-0.3, -0.25) is 4.79 Å². The molecule has 0 radical (unpaired) electrons. The third-order valence-corrected chi connectivity index (χ3v) is 3.92. The molecule has 2 aromatic rings. The minimum absolute atomic E-state index is 0.171. The lowest BCUT2D eigenvalue weighted by atomic mass is 10.2. The van der Waals surface area contributed by atoms with Gasteiger partial charge in [0.25, 0.3) is 5.91 Å². The Kier molecular flexibility index (Phi) is 4.20. The van der Waals surface area contributed by atoms with Crippen LogP contribution < -0.4 is 19.5 Å². The fourth-order valence-corrected chi connectivity index (χ4v) is 2.43. The van der Waals surface area contributed by atoms with Crippen molar-refractivity contribution in [3.63, 3.8) is 0 Å². The zero-order chi connectivity index (χ0) is 15.5. The highest BCUT2D eigenvalue weighted by atomic mass is 79.9. The van der Waals surface area contributed by atoms with E-state index in [4.69, 9.17) is 14.2 Å². The van der Waals surface area contributed by atoms with Crippen molar-refractivity contribution in [2.24, 2.45) is 0 Å². The molecule has 114 valence electrons. The van der Waals surface area contributed by atoms with Gasteiger partial charge in [0.05, 0.1) is 12.8 Å². The monoisotopic (exact) mass is 363 g/mol. The highest BCUT2D eigenvalue weighted by molar-refractivity contribution is 9.10. The third-order valence-electron chi connectivity index (χ3n) is 3.23. The van der Waals surface area contributed by atoms with Gasteiger partial charge in [0, 0.05) is 10.5 Å². The second-order valence-electron chi connectivity index (χ2n) is 4.70. The molecular formula is C16H14BrNO4. The minimum Gasteiger partial charge on any atom is -0.497 e. The number of carbonyl (C=O) groups excluding carboxylic acids is 1. The molecule has 0 bridgehead atoms. The normalized spacial score (nSPS) is 16.0. The van der Waals surface area contributed by atoms with Crippen molar-refractivity contribution in [2.45, 2.75) is 6.10 Å². The van der Waals surface area contributed by atoms with Crippen LogP contribution in [-0.2, 0) is 4.79 Å². The molecule has 0 saturated carbocycles. The van der Waals surface area contributed by atoms with Crippen LogP contribution in [0.25, 0.3) is 0 Å².